The first-order chi connectivity index (χ1) is 15.9. The van der Waals surface area contributed by atoms with Gasteiger partial charge >= 0.3 is 11.9 Å². The predicted octanol–water partition coefficient (Wildman–Crippen LogP) is 2.01. The van der Waals surface area contributed by atoms with Crippen molar-refractivity contribution in [2.24, 2.45) is 33.0 Å². The van der Waals surface area contributed by atoms with Gasteiger partial charge in [0, 0.05) is 17.3 Å². The Bertz CT molecular complexity index is 1160. The van der Waals surface area contributed by atoms with E-state index in [2.05, 4.69) is 6.58 Å². The van der Waals surface area contributed by atoms with Crippen molar-refractivity contribution in [3.8, 4) is 0 Å². The van der Waals surface area contributed by atoms with Crippen LogP contribution in [0.2, 0.25) is 0 Å². The van der Waals surface area contributed by atoms with Crippen molar-refractivity contribution in [2.75, 3.05) is 7.11 Å². The van der Waals surface area contributed by atoms with Crippen molar-refractivity contribution in [3.63, 3.8) is 0 Å². The van der Waals surface area contributed by atoms with Crippen molar-refractivity contribution in [1.82, 2.24) is 0 Å². The normalized spacial score (nSPS) is 44.8. The molecule has 7 atom stereocenters. The summed E-state index contributed by atoms with van der Waals surface area (Å²) in [5.41, 5.74) is -8.90. The van der Waals surface area contributed by atoms with E-state index in [0.717, 1.165) is 7.11 Å². The van der Waals surface area contributed by atoms with Gasteiger partial charge in [0.2, 0.25) is 5.78 Å². The van der Waals surface area contributed by atoms with Crippen LogP contribution in [-0.4, -0.2) is 58.8 Å². The second kappa shape index (κ2) is 6.90. The lowest BCUT2D eigenvalue weighted by atomic mass is 9.32. The molecular weight excluding hydrogens is 456 g/mol. The summed E-state index contributed by atoms with van der Waals surface area (Å²) < 4.78 is 10.4. The number of hydrogen-bond donors (Lipinski definition) is 2. The summed E-state index contributed by atoms with van der Waals surface area (Å²) in [7, 11) is 1.04. The number of ether oxygens (including phenoxy) is 2. The number of aliphatic hydroxyl groups is 2. The van der Waals surface area contributed by atoms with E-state index in [1.165, 1.54) is 20.8 Å². The second-order valence-corrected chi connectivity index (χ2v) is 11.4. The van der Waals surface area contributed by atoms with Crippen molar-refractivity contribution in [3.05, 3.63) is 23.5 Å². The van der Waals surface area contributed by atoms with Gasteiger partial charge < -0.3 is 19.7 Å². The van der Waals surface area contributed by atoms with Crippen LogP contribution in [-0.2, 0) is 33.4 Å². The average molecular weight is 489 g/mol. The minimum Gasteiger partial charge on any atom is -0.504 e. The number of Topliss-reactive ketones (excluding diaryl/α,β-unsaturated/α-hetero) is 3. The zero-order chi connectivity index (χ0) is 26.7. The Balaban J connectivity index is 2.19. The summed E-state index contributed by atoms with van der Waals surface area (Å²) in [5.74, 6) is -6.02. The molecule has 4 aliphatic rings. The number of hydrogen-bond acceptors (Lipinski definition) is 9. The zero-order valence-electron chi connectivity index (χ0n) is 21.1. The Hall–Kier alpha value is -2.81. The van der Waals surface area contributed by atoms with E-state index in [9.17, 15) is 34.2 Å². The van der Waals surface area contributed by atoms with Crippen LogP contribution in [0.5, 0.6) is 0 Å². The fraction of sp³-hybridized carbons (Fsp3) is 0.654. The fourth-order valence-corrected chi connectivity index (χ4v) is 7.92. The molecule has 190 valence electrons. The van der Waals surface area contributed by atoms with Crippen molar-refractivity contribution >= 4 is 29.3 Å². The van der Waals surface area contributed by atoms with E-state index < -0.39 is 74.5 Å². The Kier molecular flexibility index (Phi) is 4.98. The highest BCUT2D eigenvalue weighted by molar-refractivity contribution is 6.19. The fourth-order valence-electron chi connectivity index (χ4n) is 7.92. The highest BCUT2D eigenvalue weighted by Gasteiger charge is 2.85. The number of carbonyl (C=O) groups is 5. The Morgan fingerprint density at radius 1 is 1.09 bits per heavy atom. The third-order valence-electron chi connectivity index (χ3n) is 9.91. The van der Waals surface area contributed by atoms with E-state index in [0.29, 0.717) is 0 Å². The number of allylic oxidation sites excluding steroid dienone is 2. The third kappa shape index (κ3) is 2.31. The number of methoxy groups -OCH3 is 1. The molecule has 2 N–H and O–H groups in total. The molecule has 0 bridgehead atoms. The Labute approximate surface area is 203 Å². The molecule has 7 unspecified atom stereocenters. The Morgan fingerprint density at radius 3 is 2.20 bits per heavy atom. The maximum absolute atomic E-state index is 14.2. The number of aliphatic hydroxyl groups excluding tert-OH is 2. The number of esters is 2. The molecule has 2 saturated carbocycles. The molecule has 0 radical (unpaired) electrons. The molecule has 1 aliphatic heterocycles. The first-order valence-electron chi connectivity index (χ1n) is 11.7. The summed E-state index contributed by atoms with van der Waals surface area (Å²) in [6.07, 6.45) is -2.81. The summed E-state index contributed by atoms with van der Waals surface area (Å²) >= 11 is 0. The highest BCUT2D eigenvalue weighted by Crippen LogP contribution is 2.74. The van der Waals surface area contributed by atoms with Crippen LogP contribution in [0.15, 0.2) is 23.5 Å². The summed E-state index contributed by atoms with van der Waals surface area (Å²) in [6.45, 7) is 13.0. The van der Waals surface area contributed by atoms with Gasteiger partial charge in [-0.25, -0.2) is 0 Å². The van der Waals surface area contributed by atoms with Gasteiger partial charge in [-0.2, -0.15) is 0 Å². The lowest BCUT2D eigenvalue weighted by Gasteiger charge is -2.67. The van der Waals surface area contributed by atoms with Gasteiger partial charge in [-0.15, -0.1) is 0 Å². The van der Waals surface area contributed by atoms with Crippen LogP contribution in [0.4, 0.5) is 0 Å². The van der Waals surface area contributed by atoms with Gasteiger partial charge in [-0.1, -0.05) is 26.0 Å². The van der Waals surface area contributed by atoms with Crippen LogP contribution in [0.25, 0.3) is 0 Å². The van der Waals surface area contributed by atoms with Crippen molar-refractivity contribution in [1.29, 1.82) is 0 Å². The van der Waals surface area contributed by atoms with Gasteiger partial charge in [0.1, 0.15) is 5.78 Å². The summed E-state index contributed by atoms with van der Waals surface area (Å²) in [5, 5.41) is 22.7. The molecule has 1 heterocycles. The van der Waals surface area contributed by atoms with E-state index >= 15 is 0 Å². The molecule has 4 rings (SSSR count). The van der Waals surface area contributed by atoms with Crippen LogP contribution in [0, 0.1) is 33.0 Å². The lowest BCUT2D eigenvalue weighted by molar-refractivity contribution is -0.231. The van der Waals surface area contributed by atoms with E-state index in [1.807, 2.05) is 0 Å². The molecule has 0 aromatic rings. The maximum Gasteiger partial charge on any atom is 0.326 e. The first-order valence-corrected chi connectivity index (χ1v) is 11.7. The van der Waals surface area contributed by atoms with Crippen LogP contribution in [0.1, 0.15) is 54.4 Å². The topological polar surface area (TPSA) is 144 Å². The summed E-state index contributed by atoms with van der Waals surface area (Å²) in [6, 6.07) is 0. The van der Waals surface area contributed by atoms with Crippen molar-refractivity contribution in [2.45, 2.75) is 66.6 Å². The first kappa shape index (κ1) is 25.3. The number of ketones is 3. The molecule has 9 nitrogen and oxygen atoms in total. The van der Waals surface area contributed by atoms with Crippen LogP contribution >= 0.6 is 0 Å². The number of carbonyl (C=O) groups excluding carboxylic acids is 5. The minimum atomic E-state index is -2.51. The SMILES string of the molecule is C=C1CC2C3(C)C(=C(O)C(=O)C2(C)C2(C(=O)OC)C(=O)OC(C)C(=O)C12C)C(C)(C)C(=O)CC3O. The van der Waals surface area contributed by atoms with Crippen LogP contribution < -0.4 is 0 Å². The van der Waals surface area contributed by atoms with Gasteiger partial charge in [0.25, 0.3) is 0 Å². The molecule has 0 aromatic heterocycles. The largest absolute Gasteiger partial charge is 0.504 e. The third-order valence-corrected chi connectivity index (χ3v) is 9.91. The van der Waals surface area contributed by atoms with E-state index in [4.69, 9.17) is 9.47 Å². The van der Waals surface area contributed by atoms with Gasteiger partial charge in [0.05, 0.1) is 24.0 Å². The number of cyclic esters (lactones) is 1. The molecule has 1 saturated heterocycles. The van der Waals surface area contributed by atoms with Gasteiger partial charge in [0.15, 0.2) is 23.1 Å². The molecule has 0 amide bonds. The second-order valence-electron chi connectivity index (χ2n) is 11.4. The number of fused-ring (bicyclic) bond motifs is 5. The molecule has 3 fully saturated rings. The smallest absolute Gasteiger partial charge is 0.326 e. The highest BCUT2D eigenvalue weighted by atomic mass is 16.6. The lowest BCUT2D eigenvalue weighted by Crippen LogP contribution is -2.78. The monoisotopic (exact) mass is 488 g/mol. The van der Waals surface area contributed by atoms with E-state index in [-0.39, 0.29) is 29.8 Å². The molecule has 0 spiro atoms. The van der Waals surface area contributed by atoms with Gasteiger partial charge in [-0.05, 0) is 45.6 Å². The van der Waals surface area contributed by atoms with Crippen LogP contribution in [0.3, 0.4) is 0 Å². The molecule has 35 heavy (non-hydrogen) atoms. The minimum absolute atomic E-state index is 0.0160. The van der Waals surface area contributed by atoms with Crippen molar-refractivity contribution < 1.29 is 43.7 Å². The summed E-state index contributed by atoms with van der Waals surface area (Å²) in [4.78, 5) is 68.2. The van der Waals surface area contributed by atoms with Gasteiger partial charge in [-0.3, -0.25) is 24.0 Å². The quantitative estimate of drug-likeness (QED) is 0.322. The average Bonchev–Trinajstić information content (AvgIpc) is 2.77. The predicted molar refractivity (Wildman–Crippen MR) is 121 cm³/mol. The molecule has 3 aliphatic carbocycles. The maximum atomic E-state index is 14.2. The molecule has 9 heteroatoms. The Morgan fingerprint density at radius 2 is 1.66 bits per heavy atom. The molecule has 0 aromatic carbocycles. The standard InChI is InChI=1S/C26H32O9/c1-11-9-13-23(5)15(28)10-14(27)22(3,4)17(23)16(29)19(31)25(13,7)26(20(32)34-8)21(33)35-12(2)18(30)24(11,26)6/h12-13,15,28-29H,1,9-10H2,2-8H3. The number of rotatable bonds is 1. The zero-order valence-corrected chi connectivity index (χ0v) is 21.1. The molecular formula is C26H32O9. The van der Waals surface area contributed by atoms with E-state index in [1.54, 1.807) is 20.8 Å².